The van der Waals surface area contributed by atoms with Gasteiger partial charge in [-0.2, -0.15) is 0 Å². The van der Waals surface area contributed by atoms with Crippen LogP contribution in [0, 0.1) is 23.0 Å². The summed E-state index contributed by atoms with van der Waals surface area (Å²) in [6.07, 6.45) is 0.451. The van der Waals surface area contributed by atoms with Crippen LogP contribution in [-0.2, 0) is 11.8 Å². The van der Waals surface area contributed by atoms with Gasteiger partial charge in [-0.1, -0.05) is 6.92 Å². The summed E-state index contributed by atoms with van der Waals surface area (Å²) in [6, 6.07) is 0. The minimum absolute atomic E-state index is 0.131. The lowest BCUT2D eigenvalue weighted by molar-refractivity contribution is -0.388. The van der Waals surface area contributed by atoms with E-state index in [4.69, 9.17) is 5.11 Å². The zero-order chi connectivity index (χ0) is 13.9. The molecule has 2 N–H and O–H groups in total. The Labute approximate surface area is 104 Å². The molecule has 0 fully saturated rings. The van der Waals surface area contributed by atoms with Crippen molar-refractivity contribution in [2.24, 2.45) is 13.0 Å². The summed E-state index contributed by atoms with van der Waals surface area (Å²) < 4.78 is 1.53. The lowest BCUT2D eigenvalue weighted by Crippen LogP contribution is -2.23. The van der Waals surface area contributed by atoms with E-state index < -0.39 is 16.8 Å². The zero-order valence-corrected chi connectivity index (χ0v) is 10.5. The van der Waals surface area contributed by atoms with Crippen LogP contribution < -0.4 is 5.32 Å². The molecule has 0 aliphatic heterocycles. The second kappa shape index (κ2) is 5.48. The summed E-state index contributed by atoms with van der Waals surface area (Å²) in [5, 5.41) is 22.5. The van der Waals surface area contributed by atoms with E-state index in [0.717, 1.165) is 0 Å². The van der Waals surface area contributed by atoms with Gasteiger partial charge in [0.2, 0.25) is 11.6 Å². The summed E-state index contributed by atoms with van der Waals surface area (Å²) in [6.45, 7) is 3.53. The number of hydrogen-bond donors (Lipinski definition) is 2. The van der Waals surface area contributed by atoms with Crippen LogP contribution in [0.5, 0.6) is 0 Å². The number of aliphatic carboxylic acids is 1. The molecular weight excluding hydrogens is 240 g/mol. The van der Waals surface area contributed by atoms with E-state index in [0.29, 0.717) is 12.2 Å². The molecule has 0 saturated carbocycles. The first kappa shape index (κ1) is 13.9. The highest BCUT2D eigenvalue weighted by Crippen LogP contribution is 2.24. The van der Waals surface area contributed by atoms with Gasteiger partial charge in [-0.3, -0.25) is 9.36 Å². The van der Waals surface area contributed by atoms with Crippen LogP contribution in [0.1, 0.15) is 19.2 Å². The molecule has 18 heavy (non-hydrogen) atoms. The molecule has 8 nitrogen and oxygen atoms in total. The number of aryl methyl sites for hydroxylation is 1. The maximum absolute atomic E-state index is 10.9. The van der Waals surface area contributed by atoms with Crippen molar-refractivity contribution in [1.82, 2.24) is 9.55 Å². The molecule has 0 radical (unpaired) electrons. The van der Waals surface area contributed by atoms with E-state index in [9.17, 15) is 14.9 Å². The van der Waals surface area contributed by atoms with E-state index in [-0.39, 0.29) is 18.2 Å². The molecule has 100 valence electrons. The molecule has 0 amide bonds. The maximum Gasteiger partial charge on any atom is 0.406 e. The summed E-state index contributed by atoms with van der Waals surface area (Å²) >= 11 is 0. The molecular formula is C10H16N4O4. The number of nitrogens with one attached hydrogen (secondary N) is 1. The molecule has 0 aliphatic carbocycles. The molecule has 0 spiro atoms. The second-order valence-corrected chi connectivity index (χ2v) is 3.97. The summed E-state index contributed by atoms with van der Waals surface area (Å²) in [5.74, 6) is -1.06. The van der Waals surface area contributed by atoms with Gasteiger partial charge in [-0.15, -0.1) is 0 Å². The van der Waals surface area contributed by atoms with Crippen molar-refractivity contribution in [2.45, 2.75) is 20.3 Å². The molecule has 1 aromatic heterocycles. The Hall–Kier alpha value is -2.12. The fraction of sp³-hybridized carbons (Fsp3) is 0.600. The van der Waals surface area contributed by atoms with Crippen LogP contribution in [0.25, 0.3) is 0 Å². The molecule has 1 unspecified atom stereocenters. The largest absolute Gasteiger partial charge is 0.481 e. The highest BCUT2D eigenvalue weighted by molar-refractivity contribution is 5.71. The lowest BCUT2D eigenvalue weighted by atomic mass is 10.1. The molecule has 0 bridgehead atoms. The van der Waals surface area contributed by atoms with Crippen LogP contribution in [-0.4, -0.2) is 32.1 Å². The quantitative estimate of drug-likeness (QED) is 0.583. The van der Waals surface area contributed by atoms with Crippen molar-refractivity contribution in [2.75, 3.05) is 11.9 Å². The van der Waals surface area contributed by atoms with Gasteiger partial charge in [-0.25, -0.2) is 0 Å². The Balaban J connectivity index is 2.90. The first-order valence-electron chi connectivity index (χ1n) is 5.52. The highest BCUT2D eigenvalue weighted by Gasteiger charge is 2.25. The normalized spacial score (nSPS) is 12.2. The van der Waals surface area contributed by atoms with Gasteiger partial charge in [0.05, 0.1) is 5.92 Å². The molecule has 1 atom stereocenters. The van der Waals surface area contributed by atoms with Gasteiger partial charge in [0, 0.05) is 20.5 Å². The minimum Gasteiger partial charge on any atom is -0.481 e. The number of carboxylic acids is 1. The number of carboxylic acid groups (broad SMARTS) is 1. The lowest BCUT2D eigenvalue weighted by Gasteiger charge is -2.11. The molecule has 0 aromatic carbocycles. The number of rotatable bonds is 6. The van der Waals surface area contributed by atoms with Crippen LogP contribution >= 0.6 is 0 Å². The van der Waals surface area contributed by atoms with Crippen molar-refractivity contribution in [3.8, 4) is 0 Å². The number of nitrogens with zero attached hydrogens (tertiary/aromatic N) is 3. The first-order chi connectivity index (χ1) is 8.38. The van der Waals surface area contributed by atoms with Crippen LogP contribution in [0.15, 0.2) is 0 Å². The van der Waals surface area contributed by atoms with Crippen LogP contribution in [0.3, 0.4) is 0 Å². The molecule has 0 saturated heterocycles. The van der Waals surface area contributed by atoms with E-state index in [2.05, 4.69) is 10.3 Å². The van der Waals surface area contributed by atoms with E-state index in [1.165, 1.54) is 4.57 Å². The topological polar surface area (TPSA) is 110 Å². The number of carbonyl (C=O) groups is 1. The predicted octanol–water partition coefficient (Wildman–Crippen LogP) is 1.16. The van der Waals surface area contributed by atoms with Crippen molar-refractivity contribution in [3.63, 3.8) is 0 Å². The predicted molar refractivity (Wildman–Crippen MR) is 64.5 cm³/mol. The third-order valence-electron chi connectivity index (χ3n) is 2.83. The minimum atomic E-state index is -0.924. The monoisotopic (exact) mass is 256 g/mol. The van der Waals surface area contributed by atoms with Crippen molar-refractivity contribution < 1.29 is 14.8 Å². The third kappa shape index (κ3) is 2.76. The molecule has 8 heteroatoms. The number of imidazole rings is 1. The zero-order valence-electron chi connectivity index (χ0n) is 10.5. The number of nitro groups is 1. The molecule has 0 aliphatic rings. The molecule has 1 heterocycles. The maximum atomic E-state index is 10.9. The van der Waals surface area contributed by atoms with Gasteiger partial charge in [0.15, 0.2) is 0 Å². The van der Waals surface area contributed by atoms with Gasteiger partial charge in [0.25, 0.3) is 0 Å². The van der Waals surface area contributed by atoms with Gasteiger partial charge in [-0.05, 0) is 16.3 Å². The van der Waals surface area contributed by atoms with Crippen LogP contribution in [0.4, 0.5) is 11.6 Å². The average Bonchev–Trinajstić information content (AvgIpc) is 2.57. The van der Waals surface area contributed by atoms with E-state index in [1.807, 2.05) is 0 Å². The van der Waals surface area contributed by atoms with Gasteiger partial charge >= 0.3 is 11.8 Å². The fourth-order valence-electron chi connectivity index (χ4n) is 1.54. The second-order valence-electron chi connectivity index (χ2n) is 3.97. The smallest absolute Gasteiger partial charge is 0.406 e. The SMILES string of the molecule is CCC(CNc1c([N+](=O)[O-])nc(C)n1C)C(=O)O. The van der Waals surface area contributed by atoms with Crippen molar-refractivity contribution in [1.29, 1.82) is 0 Å². The average molecular weight is 256 g/mol. The highest BCUT2D eigenvalue weighted by atomic mass is 16.6. The Morgan fingerprint density at radius 3 is 2.72 bits per heavy atom. The third-order valence-corrected chi connectivity index (χ3v) is 2.83. The summed E-state index contributed by atoms with van der Waals surface area (Å²) in [4.78, 5) is 24.9. The summed E-state index contributed by atoms with van der Waals surface area (Å²) in [7, 11) is 1.64. The standard InChI is InChI=1S/C10H16N4O4/c1-4-7(10(15)16)5-11-8-9(14(17)18)12-6(2)13(8)3/h7,11H,4-5H2,1-3H3,(H,15,16). The van der Waals surface area contributed by atoms with E-state index >= 15 is 0 Å². The van der Waals surface area contributed by atoms with Gasteiger partial charge in [0.1, 0.15) is 0 Å². The Bertz CT molecular complexity index is 469. The Kier molecular flexibility index (Phi) is 4.24. The van der Waals surface area contributed by atoms with Crippen molar-refractivity contribution in [3.05, 3.63) is 15.9 Å². The molecule has 1 rings (SSSR count). The van der Waals surface area contributed by atoms with E-state index in [1.54, 1.807) is 20.9 Å². The van der Waals surface area contributed by atoms with Crippen molar-refractivity contribution >= 4 is 17.6 Å². The molecule has 1 aromatic rings. The summed E-state index contributed by atoms with van der Waals surface area (Å²) in [5.41, 5.74) is 0. The Morgan fingerprint density at radius 2 is 2.28 bits per heavy atom. The van der Waals surface area contributed by atoms with Crippen LogP contribution in [0.2, 0.25) is 0 Å². The Morgan fingerprint density at radius 1 is 1.67 bits per heavy atom. The van der Waals surface area contributed by atoms with Gasteiger partial charge < -0.3 is 20.5 Å². The first-order valence-corrected chi connectivity index (χ1v) is 5.52. The number of hydrogen-bond acceptors (Lipinski definition) is 5. The number of aromatic nitrogens is 2. The fourth-order valence-corrected chi connectivity index (χ4v) is 1.54. The number of anilines is 1.